The molecule has 0 aromatic heterocycles. The highest BCUT2D eigenvalue weighted by Gasteiger charge is 2.15. The molecular formula is C17H19NO4. The number of phenols is 1. The summed E-state index contributed by atoms with van der Waals surface area (Å²) in [6, 6.07) is 10.4. The van der Waals surface area contributed by atoms with Gasteiger partial charge in [0.05, 0.1) is 0 Å². The number of carbonyl (C=O) groups is 2. The summed E-state index contributed by atoms with van der Waals surface area (Å²) in [7, 11) is 0. The van der Waals surface area contributed by atoms with Crippen LogP contribution in [0.1, 0.15) is 24.2 Å². The van der Waals surface area contributed by atoms with E-state index < -0.39 is 5.97 Å². The number of phenolic OH excluding ortho intramolecular Hbond substituents is 1. The Bertz CT molecular complexity index is 694. The molecule has 1 amide bonds. The van der Waals surface area contributed by atoms with Crippen molar-refractivity contribution in [3.8, 4) is 5.75 Å². The molecule has 0 atom stereocenters. The molecule has 5 heteroatoms. The standard InChI is InChI=1S/C17H19NO4/c1-11(2)9-18-16(20)10-22-17(21)14-7-12-5-3-4-6-13(12)8-15(14)19/h3-8,11,19H,9-10H2,1-2H3,(H,18,20). The first-order valence-corrected chi connectivity index (χ1v) is 7.13. The lowest BCUT2D eigenvalue weighted by atomic mass is 10.1. The maximum Gasteiger partial charge on any atom is 0.342 e. The van der Waals surface area contributed by atoms with Gasteiger partial charge in [-0.15, -0.1) is 0 Å². The summed E-state index contributed by atoms with van der Waals surface area (Å²) in [5.74, 6) is -0.916. The van der Waals surface area contributed by atoms with E-state index in [1.165, 1.54) is 6.07 Å². The SMILES string of the molecule is CC(C)CNC(=O)COC(=O)c1cc2ccccc2cc1O. The van der Waals surface area contributed by atoms with Gasteiger partial charge >= 0.3 is 5.97 Å². The van der Waals surface area contributed by atoms with Crippen LogP contribution in [-0.2, 0) is 9.53 Å². The van der Waals surface area contributed by atoms with Crippen molar-refractivity contribution in [1.29, 1.82) is 0 Å². The Balaban J connectivity index is 2.03. The number of benzene rings is 2. The maximum absolute atomic E-state index is 12.0. The molecule has 0 bridgehead atoms. The molecule has 2 N–H and O–H groups in total. The van der Waals surface area contributed by atoms with Gasteiger partial charge in [-0.2, -0.15) is 0 Å². The Labute approximate surface area is 128 Å². The summed E-state index contributed by atoms with van der Waals surface area (Å²) in [5.41, 5.74) is 0.0513. The van der Waals surface area contributed by atoms with E-state index in [-0.39, 0.29) is 23.8 Å². The molecule has 0 unspecified atom stereocenters. The lowest BCUT2D eigenvalue weighted by Crippen LogP contribution is -2.31. The fraction of sp³-hybridized carbons (Fsp3) is 0.294. The molecule has 5 nitrogen and oxygen atoms in total. The van der Waals surface area contributed by atoms with E-state index >= 15 is 0 Å². The lowest BCUT2D eigenvalue weighted by molar-refractivity contribution is -0.124. The minimum absolute atomic E-state index is 0.0513. The van der Waals surface area contributed by atoms with Crippen molar-refractivity contribution < 1.29 is 19.4 Å². The summed E-state index contributed by atoms with van der Waals surface area (Å²) in [6.07, 6.45) is 0. The molecule has 22 heavy (non-hydrogen) atoms. The molecule has 116 valence electrons. The number of esters is 1. The van der Waals surface area contributed by atoms with Crippen LogP contribution in [0, 0.1) is 5.92 Å². The highest BCUT2D eigenvalue weighted by molar-refractivity contribution is 5.99. The number of carbonyl (C=O) groups excluding carboxylic acids is 2. The molecule has 0 aliphatic rings. The first-order valence-electron chi connectivity index (χ1n) is 7.13. The van der Waals surface area contributed by atoms with Crippen LogP contribution in [0.5, 0.6) is 5.75 Å². The fourth-order valence-corrected chi connectivity index (χ4v) is 1.97. The van der Waals surface area contributed by atoms with Crippen LogP contribution in [-0.4, -0.2) is 30.1 Å². The monoisotopic (exact) mass is 301 g/mol. The predicted octanol–water partition coefficient (Wildman–Crippen LogP) is 2.47. The highest BCUT2D eigenvalue weighted by Crippen LogP contribution is 2.25. The average molecular weight is 301 g/mol. The van der Waals surface area contributed by atoms with E-state index in [0.29, 0.717) is 12.5 Å². The smallest absolute Gasteiger partial charge is 0.342 e. The summed E-state index contributed by atoms with van der Waals surface area (Å²) in [4.78, 5) is 23.5. The molecule has 0 heterocycles. The zero-order valence-corrected chi connectivity index (χ0v) is 12.6. The van der Waals surface area contributed by atoms with Gasteiger partial charge in [-0.3, -0.25) is 4.79 Å². The summed E-state index contributed by atoms with van der Waals surface area (Å²) < 4.78 is 4.94. The third-order valence-electron chi connectivity index (χ3n) is 3.13. The van der Waals surface area contributed by atoms with Gasteiger partial charge in [0.15, 0.2) is 6.61 Å². The molecule has 0 saturated carbocycles. The topological polar surface area (TPSA) is 75.6 Å². The summed E-state index contributed by atoms with van der Waals surface area (Å²) >= 11 is 0. The number of rotatable bonds is 5. The third kappa shape index (κ3) is 3.97. The quantitative estimate of drug-likeness (QED) is 0.832. The molecular weight excluding hydrogens is 282 g/mol. The van der Waals surface area contributed by atoms with Gasteiger partial charge in [0.2, 0.25) is 0 Å². The maximum atomic E-state index is 12.0. The molecule has 0 radical (unpaired) electrons. The normalized spacial score (nSPS) is 10.7. The van der Waals surface area contributed by atoms with Crippen molar-refractivity contribution in [2.75, 3.05) is 13.2 Å². The van der Waals surface area contributed by atoms with Gasteiger partial charge < -0.3 is 15.2 Å². The molecule has 0 spiro atoms. The minimum Gasteiger partial charge on any atom is -0.507 e. The molecule has 2 aromatic carbocycles. The Hall–Kier alpha value is -2.56. The van der Waals surface area contributed by atoms with Gasteiger partial charge in [-0.05, 0) is 28.8 Å². The van der Waals surface area contributed by atoms with Crippen LogP contribution in [0.4, 0.5) is 0 Å². The molecule has 2 rings (SSSR count). The average Bonchev–Trinajstić information content (AvgIpc) is 2.49. The number of hydrogen-bond acceptors (Lipinski definition) is 4. The van der Waals surface area contributed by atoms with E-state index in [0.717, 1.165) is 10.8 Å². The van der Waals surface area contributed by atoms with Gasteiger partial charge in [0.1, 0.15) is 11.3 Å². The summed E-state index contributed by atoms with van der Waals surface area (Å²) in [6.45, 7) is 4.11. The van der Waals surface area contributed by atoms with Crippen molar-refractivity contribution in [3.63, 3.8) is 0 Å². The predicted molar refractivity (Wildman–Crippen MR) is 83.7 cm³/mol. The zero-order valence-electron chi connectivity index (χ0n) is 12.6. The fourth-order valence-electron chi connectivity index (χ4n) is 1.97. The largest absolute Gasteiger partial charge is 0.507 e. The van der Waals surface area contributed by atoms with E-state index in [1.54, 1.807) is 6.07 Å². The van der Waals surface area contributed by atoms with Crippen molar-refractivity contribution in [1.82, 2.24) is 5.32 Å². The van der Waals surface area contributed by atoms with Crippen molar-refractivity contribution in [3.05, 3.63) is 42.0 Å². The van der Waals surface area contributed by atoms with Crippen LogP contribution in [0.15, 0.2) is 36.4 Å². The van der Waals surface area contributed by atoms with Crippen molar-refractivity contribution >= 4 is 22.6 Å². The van der Waals surface area contributed by atoms with E-state index in [2.05, 4.69) is 5.32 Å². The van der Waals surface area contributed by atoms with Crippen LogP contribution in [0.3, 0.4) is 0 Å². The first kappa shape index (κ1) is 15.8. The second-order valence-electron chi connectivity index (χ2n) is 5.49. The van der Waals surface area contributed by atoms with E-state index in [4.69, 9.17) is 4.74 Å². The van der Waals surface area contributed by atoms with Crippen LogP contribution < -0.4 is 5.32 Å². The zero-order chi connectivity index (χ0) is 16.1. The Kier molecular flexibility index (Phi) is 4.99. The molecule has 0 saturated heterocycles. The molecule has 0 aliphatic carbocycles. The van der Waals surface area contributed by atoms with Gasteiger partial charge in [0, 0.05) is 6.54 Å². The van der Waals surface area contributed by atoms with E-state index in [9.17, 15) is 14.7 Å². The summed E-state index contributed by atoms with van der Waals surface area (Å²) in [5, 5.41) is 14.2. The number of nitrogens with one attached hydrogen (secondary N) is 1. The molecule has 0 aliphatic heterocycles. The third-order valence-corrected chi connectivity index (χ3v) is 3.13. The second kappa shape index (κ2) is 6.93. The lowest BCUT2D eigenvalue weighted by Gasteiger charge is -2.09. The number of ether oxygens (including phenoxy) is 1. The number of aromatic hydroxyl groups is 1. The number of amides is 1. The molecule has 2 aromatic rings. The second-order valence-corrected chi connectivity index (χ2v) is 5.49. The Morgan fingerprint density at radius 3 is 2.45 bits per heavy atom. The Morgan fingerprint density at radius 2 is 1.82 bits per heavy atom. The van der Waals surface area contributed by atoms with Crippen molar-refractivity contribution in [2.24, 2.45) is 5.92 Å². The number of hydrogen-bond donors (Lipinski definition) is 2. The molecule has 0 fully saturated rings. The minimum atomic E-state index is -0.719. The van der Waals surface area contributed by atoms with E-state index in [1.807, 2.05) is 38.1 Å². The first-order chi connectivity index (χ1) is 10.5. The van der Waals surface area contributed by atoms with Crippen LogP contribution in [0.25, 0.3) is 10.8 Å². The van der Waals surface area contributed by atoms with Gasteiger partial charge in [0.25, 0.3) is 5.91 Å². The van der Waals surface area contributed by atoms with Gasteiger partial charge in [-0.25, -0.2) is 4.79 Å². The van der Waals surface area contributed by atoms with Gasteiger partial charge in [-0.1, -0.05) is 38.1 Å². The van der Waals surface area contributed by atoms with Crippen LogP contribution >= 0.6 is 0 Å². The van der Waals surface area contributed by atoms with Crippen LogP contribution in [0.2, 0.25) is 0 Å². The van der Waals surface area contributed by atoms with Crippen molar-refractivity contribution in [2.45, 2.75) is 13.8 Å². The Morgan fingerprint density at radius 1 is 1.18 bits per heavy atom. The number of fused-ring (bicyclic) bond motifs is 1. The highest BCUT2D eigenvalue weighted by atomic mass is 16.5.